The van der Waals surface area contributed by atoms with Crippen molar-refractivity contribution >= 4 is 12.2 Å². The maximum absolute atomic E-state index is 9.65. The van der Waals surface area contributed by atoms with Gasteiger partial charge in [-0.2, -0.15) is 0 Å². The van der Waals surface area contributed by atoms with Crippen LogP contribution in [-0.4, -0.2) is 17.3 Å². The molecule has 2 atom stereocenters. The van der Waals surface area contributed by atoms with Gasteiger partial charge in [0.1, 0.15) is 5.75 Å². The highest BCUT2D eigenvalue weighted by Gasteiger charge is 2.20. The van der Waals surface area contributed by atoms with Gasteiger partial charge in [0, 0.05) is 0 Å². The van der Waals surface area contributed by atoms with Crippen molar-refractivity contribution in [3.8, 4) is 17.2 Å². The van der Waals surface area contributed by atoms with Crippen LogP contribution in [0.5, 0.6) is 17.2 Å². The number of hydrogen-bond acceptors (Lipinski definition) is 3. The summed E-state index contributed by atoms with van der Waals surface area (Å²) < 4.78 is 5.15. The molecule has 2 aromatic carbocycles. The van der Waals surface area contributed by atoms with Crippen LogP contribution >= 0.6 is 0 Å². The minimum absolute atomic E-state index is 0.167. The summed E-state index contributed by atoms with van der Waals surface area (Å²) in [5, 5.41) is 19.0. The molecule has 3 heteroatoms. The first kappa shape index (κ1) is 17.2. The van der Waals surface area contributed by atoms with Crippen molar-refractivity contribution in [2.24, 2.45) is 11.8 Å². The molecule has 2 N–H and O–H groups in total. The van der Waals surface area contributed by atoms with Gasteiger partial charge in [-0.1, -0.05) is 42.5 Å². The van der Waals surface area contributed by atoms with E-state index in [-0.39, 0.29) is 5.75 Å². The van der Waals surface area contributed by atoms with Crippen molar-refractivity contribution < 1.29 is 14.9 Å². The third kappa shape index (κ3) is 4.66. The summed E-state index contributed by atoms with van der Waals surface area (Å²) >= 11 is 0. The predicted molar refractivity (Wildman–Crippen MR) is 102 cm³/mol. The molecule has 0 saturated heterocycles. The second kappa shape index (κ2) is 7.93. The van der Waals surface area contributed by atoms with E-state index in [9.17, 15) is 10.2 Å². The molecule has 2 aromatic rings. The van der Waals surface area contributed by atoms with Crippen LogP contribution < -0.4 is 4.74 Å². The van der Waals surface area contributed by atoms with Crippen LogP contribution in [0.1, 0.15) is 30.4 Å². The lowest BCUT2D eigenvalue weighted by Crippen LogP contribution is -1.90. The third-order valence-corrected chi connectivity index (χ3v) is 4.73. The highest BCUT2D eigenvalue weighted by atomic mass is 16.5. The number of methoxy groups -OCH3 is 1. The summed E-state index contributed by atoms with van der Waals surface area (Å²) in [7, 11) is 1.56. The van der Waals surface area contributed by atoms with E-state index < -0.39 is 0 Å². The quantitative estimate of drug-likeness (QED) is 0.784. The molecule has 1 saturated carbocycles. The normalized spacial score (nSPS) is 20.5. The summed E-state index contributed by atoms with van der Waals surface area (Å²) in [6.45, 7) is 0. The first-order valence-corrected chi connectivity index (χ1v) is 8.66. The van der Waals surface area contributed by atoms with Gasteiger partial charge in [0.2, 0.25) is 0 Å². The SMILES string of the molecule is COc1cc(/C=C/C2CCC(/C=C/c3ccc(O)cc3)C2)ccc1O. The second-order valence-electron chi connectivity index (χ2n) is 6.57. The van der Waals surface area contributed by atoms with Gasteiger partial charge in [-0.15, -0.1) is 0 Å². The first-order chi connectivity index (χ1) is 12.1. The monoisotopic (exact) mass is 336 g/mol. The van der Waals surface area contributed by atoms with Crippen LogP contribution in [0.4, 0.5) is 0 Å². The molecule has 2 unspecified atom stereocenters. The molecule has 1 aliphatic rings. The Hall–Kier alpha value is -2.68. The van der Waals surface area contributed by atoms with Crippen molar-refractivity contribution in [2.75, 3.05) is 7.11 Å². The van der Waals surface area contributed by atoms with Crippen LogP contribution in [0.3, 0.4) is 0 Å². The molecule has 1 fully saturated rings. The Morgan fingerprint density at radius 2 is 1.48 bits per heavy atom. The number of phenols is 2. The fourth-order valence-electron chi connectivity index (χ4n) is 3.28. The average molecular weight is 336 g/mol. The Labute approximate surface area is 148 Å². The molecule has 130 valence electrons. The molecular weight excluding hydrogens is 312 g/mol. The largest absolute Gasteiger partial charge is 0.508 e. The van der Waals surface area contributed by atoms with Crippen molar-refractivity contribution in [2.45, 2.75) is 19.3 Å². The number of benzene rings is 2. The van der Waals surface area contributed by atoms with Crippen LogP contribution in [0.15, 0.2) is 54.6 Å². The maximum atomic E-state index is 9.65. The lowest BCUT2D eigenvalue weighted by atomic mass is 10.0. The highest BCUT2D eigenvalue weighted by molar-refractivity contribution is 5.56. The summed E-state index contributed by atoms with van der Waals surface area (Å²) in [5.74, 6) is 2.14. The van der Waals surface area contributed by atoms with Gasteiger partial charge in [0.15, 0.2) is 11.5 Å². The lowest BCUT2D eigenvalue weighted by Gasteiger charge is -2.05. The van der Waals surface area contributed by atoms with E-state index in [1.54, 1.807) is 25.3 Å². The van der Waals surface area contributed by atoms with E-state index in [1.807, 2.05) is 24.3 Å². The number of aromatic hydroxyl groups is 2. The van der Waals surface area contributed by atoms with E-state index in [2.05, 4.69) is 24.3 Å². The summed E-state index contributed by atoms with van der Waals surface area (Å²) in [4.78, 5) is 0. The molecule has 0 spiro atoms. The van der Waals surface area contributed by atoms with Gasteiger partial charge in [-0.05, 0) is 66.5 Å². The van der Waals surface area contributed by atoms with E-state index in [0.29, 0.717) is 23.3 Å². The number of hydrogen-bond donors (Lipinski definition) is 2. The van der Waals surface area contributed by atoms with Crippen LogP contribution in [0.25, 0.3) is 12.2 Å². The Morgan fingerprint density at radius 3 is 2.12 bits per heavy atom. The molecular formula is C22H24O3. The summed E-state index contributed by atoms with van der Waals surface area (Å²) in [6.07, 6.45) is 12.3. The molecule has 0 bridgehead atoms. The molecule has 1 aliphatic carbocycles. The molecule has 3 nitrogen and oxygen atoms in total. The van der Waals surface area contributed by atoms with Crippen molar-refractivity contribution in [1.29, 1.82) is 0 Å². The number of rotatable bonds is 5. The van der Waals surface area contributed by atoms with E-state index in [1.165, 1.54) is 12.8 Å². The minimum Gasteiger partial charge on any atom is -0.508 e. The van der Waals surface area contributed by atoms with Gasteiger partial charge in [-0.25, -0.2) is 0 Å². The smallest absolute Gasteiger partial charge is 0.161 e. The number of ether oxygens (including phenoxy) is 1. The predicted octanol–water partition coefficient (Wildman–Crippen LogP) is 5.25. The summed E-state index contributed by atoms with van der Waals surface area (Å²) in [6, 6.07) is 12.7. The molecule has 0 radical (unpaired) electrons. The van der Waals surface area contributed by atoms with E-state index in [0.717, 1.165) is 17.5 Å². The standard InChI is InChI=1S/C22H24O3/c1-25-22-15-19(10-13-21(22)24)7-6-18-5-4-17(14-18)3-2-16-8-11-20(23)12-9-16/h2-3,6-13,15,17-18,23-24H,4-5,14H2,1H3/b3-2+,7-6+. The van der Waals surface area contributed by atoms with Crippen LogP contribution in [0.2, 0.25) is 0 Å². The third-order valence-electron chi connectivity index (χ3n) is 4.73. The second-order valence-corrected chi connectivity index (χ2v) is 6.57. The average Bonchev–Trinajstić information content (AvgIpc) is 3.08. The zero-order valence-corrected chi connectivity index (χ0v) is 14.4. The van der Waals surface area contributed by atoms with E-state index >= 15 is 0 Å². The first-order valence-electron chi connectivity index (χ1n) is 8.66. The number of phenolic OH excluding ortho intramolecular Hbond substituents is 2. The fraction of sp³-hybridized carbons (Fsp3) is 0.273. The Bertz CT molecular complexity index is 759. The lowest BCUT2D eigenvalue weighted by molar-refractivity contribution is 0.373. The van der Waals surface area contributed by atoms with E-state index in [4.69, 9.17) is 4.74 Å². The molecule has 0 aromatic heterocycles. The van der Waals surface area contributed by atoms with Crippen molar-refractivity contribution in [1.82, 2.24) is 0 Å². The highest BCUT2D eigenvalue weighted by Crippen LogP contribution is 2.34. The Kier molecular flexibility index (Phi) is 5.44. The van der Waals surface area contributed by atoms with Gasteiger partial charge < -0.3 is 14.9 Å². The fourth-order valence-corrected chi connectivity index (χ4v) is 3.28. The maximum Gasteiger partial charge on any atom is 0.161 e. The van der Waals surface area contributed by atoms with Crippen molar-refractivity contribution in [3.63, 3.8) is 0 Å². The Balaban J connectivity index is 1.56. The van der Waals surface area contributed by atoms with Gasteiger partial charge in [0.05, 0.1) is 7.11 Å². The van der Waals surface area contributed by atoms with Crippen LogP contribution in [-0.2, 0) is 0 Å². The van der Waals surface area contributed by atoms with Crippen molar-refractivity contribution in [3.05, 3.63) is 65.7 Å². The zero-order chi connectivity index (χ0) is 17.6. The van der Waals surface area contributed by atoms with Gasteiger partial charge in [-0.3, -0.25) is 0 Å². The molecule has 25 heavy (non-hydrogen) atoms. The van der Waals surface area contributed by atoms with Gasteiger partial charge >= 0.3 is 0 Å². The zero-order valence-electron chi connectivity index (χ0n) is 14.4. The topological polar surface area (TPSA) is 49.7 Å². The molecule has 0 amide bonds. The minimum atomic E-state index is 0.167. The molecule has 0 heterocycles. The molecule has 3 rings (SSSR count). The van der Waals surface area contributed by atoms with Crippen LogP contribution in [0, 0.1) is 11.8 Å². The molecule has 0 aliphatic heterocycles. The Morgan fingerprint density at radius 1 is 0.880 bits per heavy atom. The summed E-state index contributed by atoms with van der Waals surface area (Å²) in [5.41, 5.74) is 2.16. The number of allylic oxidation sites excluding steroid dienone is 2. The van der Waals surface area contributed by atoms with Gasteiger partial charge in [0.25, 0.3) is 0 Å².